The number of guanidine groups is 4. The number of fused-ring (bicyclic) bond motifs is 2. The lowest BCUT2D eigenvalue weighted by Gasteiger charge is -2.40. The molecular weight excluding hydrogens is 1500 g/mol. The molecule has 13 atom stereocenters. The molecule has 1 aromatic carbocycles. The fourth-order valence-corrected chi connectivity index (χ4v) is 14.8. The van der Waals surface area contributed by atoms with Gasteiger partial charge in [0, 0.05) is 50.7 Å². The van der Waals surface area contributed by atoms with Gasteiger partial charge < -0.3 is 126 Å². The first-order valence-corrected chi connectivity index (χ1v) is 40.0. The molecule has 43 heteroatoms. The summed E-state index contributed by atoms with van der Waals surface area (Å²) in [4.78, 5) is 217. The van der Waals surface area contributed by atoms with Crippen LogP contribution in [0, 0.1) is 17.8 Å². The molecule has 1 saturated heterocycles. The van der Waals surface area contributed by atoms with Crippen LogP contribution in [0.25, 0.3) is 0 Å². The predicted octanol–water partition coefficient (Wildman–Crippen LogP) is -6.51. The van der Waals surface area contributed by atoms with E-state index < -0.39 is 181 Å². The Morgan fingerprint density at radius 1 is 0.536 bits per heavy atom. The van der Waals surface area contributed by atoms with Gasteiger partial charge >= 0.3 is 5.97 Å². The monoisotopic (exact) mass is 1610 g/mol. The minimum Gasteiger partial charge on any atom is -0.481 e. The van der Waals surface area contributed by atoms with E-state index in [2.05, 4.69) is 78.5 Å². The highest BCUT2D eigenvalue weighted by molar-refractivity contribution is 8.76. The smallest absolute Gasteiger partial charge is 0.305 e. The number of rotatable bonds is 27. The summed E-state index contributed by atoms with van der Waals surface area (Å²) in [5.41, 5.74) is 58.1. The van der Waals surface area contributed by atoms with Crippen molar-refractivity contribution < 1.29 is 72.2 Å². The molecule has 32 N–H and O–H groups in total. The molecule has 4 rings (SSSR count). The van der Waals surface area contributed by atoms with Crippen LogP contribution in [0.15, 0.2) is 44.2 Å². The Morgan fingerprint density at radius 2 is 1.01 bits per heavy atom. The number of carbonyl (C=O) groups excluding carboxylic acids is 13. The molecule has 1 aromatic rings. The minimum absolute atomic E-state index is 0.00186. The molecule has 0 radical (unpaired) electrons. The second kappa shape index (κ2) is 49.0. The van der Waals surface area contributed by atoms with E-state index in [1.165, 1.54) is 4.90 Å². The van der Waals surface area contributed by atoms with E-state index >= 15 is 9.59 Å². The summed E-state index contributed by atoms with van der Waals surface area (Å²) in [5, 5.41) is 38.7. The molecular formula is C69H116N26O15S2. The van der Waals surface area contributed by atoms with Crippen molar-refractivity contribution in [3.05, 3.63) is 35.4 Å². The zero-order valence-corrected chi connectivity index (χ0v) is 65.6. The van der Waals surface area contributed by atoms with Gasteiger partial charge in [-0.25, -0.2) is 0 Å². The number of nitrogens with zero attached hydrogens (tertiary/aromatic N) is 5. The van der Waals surface area contributed by atoms with Gasteiger partial charge in [-0.05, 0) is 86.7 Å². The molecule has 2 aliphatic heterocycles. The van der Waals surface area contributed by atoms with Gasteiger partial charge in [0.25, 0.3) is 0 Å². The van der Waals surface area contributed by atoms with Gasteiger partial charge in [0.1, 0.15) is 60.4 Å². The van der Waals surface area contributed by atoms with Gasteiger partial charge in [-0.1, -0.05) is 118 Å². The molecule has 1 saturated carbocycles. The third-order valence-electron chi connectivity index (χ3n) is 19.1. The average molecular weight is 1610 g/mol. The van der Waals surface area contributed by atoms with Crippen LogP contribution in [0.2, 0.25) is 0 Å². The van der Waals surface area contributed by atoms with Crippen molar-refractivity contribution in [1.29, 1.82) is 0 Å². The number of hydrogen-bond acceptors (Lipinski definition) is 21. The summed E-state index contributed by atoms with van der Waals surface area (Å²) in [7, 11) is 1.91. The maximum absolute atomic E-state index is 15.5. The SMILES string of the molecule is CC[C@H](C)[C@@H]1NC(=O)[C@H](CCCN=C(N)N)NC(=O)CNC(=O)CNC(=O)[C@H](CC2CCCCC2)NC(=O)[C@@H](NC(=O)[C@@H](N)CCCN=C(N)N)CSSC[C@@H](C(N)=O)NC(=O)[C@H](CCCN=C(N)N)NC(=O)[C@H]2Cc3ccccc3CN2C(=O)[C@H]([C@@H](C)CC)NC(=O)[C@H](CCCN=C(N)N)NC(=O)[C@H](CC(=O)O)NC1=O. The predicted molar refractivity (Wildman–Crippen MR) is 422 cm³/mol. The number of hydrogen-bond donors (Lipinski definition) is 22. The third kappa shape index (κ3) is 33.6. The highest BCUT2D eigenvalue weighted by Crippen LogP contribution is 2.30. The standard InChI is InChI=1S/C69H116N26O15S2/c1-5-36(3)53-64(109)90-46(30-52(98)99)61(106)87-44(23-15-27-83-69(78)79)60(105)94-54(37(4)6-2)65(110)95-33-40-19-11-10-18-39(40)29-49(95)63(108)88-43(22-14-26-82-68(76)77)58(103)91-47(55(71)100)34-111-112-35-48(92-56(101)41(70)20-12-24-80-66(72)73)62(107)89-45(28-38-16-8-7-9-17-38)57(102)85-31-50(96)84-32-51(97)86-42(59(104)93-53)21-13-25-81-67(74)75/h10-11,18-19,36-38,41-49,53-54H,5-9,12-17,20-35,70H2,1-4H3,(H2,71,100)(H,84,96)(H,85,102)(H,86,97)(H,87,106)(H,88,108)(H,89,107)(H,90,109)(H,91,103)(H,92,101)(H,93,104)(H,94,105)(H,98,99)(H4,72,73,80)(H4,74,75,81)(H4,76,77,82)(H4,78,79,83)/t36-,37-,41-,42-,43-,44-,45-,46-,47-,48-,49+,53-,54-/m0/s1. The van der Waals surface area contributed by atoms with E-state index in [-0.39, 0.29) is 151 Å². The van der Waals surface area contributed by atoms with Crippen LogP contribution in [-0.4, -0.2) is 234 Å². The quantitative estimate of drug-likeness (QED) is 0.0169. The van der Waals surface area contributed by atoms with Crippen molar-refractivity contribution in [3.63, 3.8) is 0 Å². The minimum atomic E-state index is -1.95. The first kappa shape index (κ1) is 93.9. The number of carbonyl (C=O) groups is 14. The number of primary amides is 1. The molecule has 112 heavy (non-hydrogen) atoms. The summed E-state index contributed by atoms with van der Waals surface area (Å²) in [6, 6.07) is -9.38. The molecule has 624 valence electrons. The number of aliphatic imine (C=N–C) groups is 4. The summed E-state index contributed by atoms with van der Waals surface area (Å²) >= 11 is 0. The Hall–Kier alpha value is -10.5. The average Bonchev–Trinajstić information content (AvgIpc) is 0.781. The fourth-order valence-electron chi connectivity index (χ4n) is 12.4. The molecule has 1 aliphatic carbocycles. The fraction of sp³-hybridized carbons (Fsp3) is 0.652. The molecule has 13 amide bonds. The Bertz CT molecular complexity index is 3510. The lowest BCUT2D eigenvalue weighted by Crippen LogP contribution is -2.63. The first-order valence-electron chi connectivity index (χ1n) is 37.5. The van der Waals surface area contributed by atoms with E-state index in [0.29, 0.717) is 24.0 Å². The zero-order valence-electron chi connectivity index (χ0n) is 64.0. The van der Waals surface area contributed by atoms with E-state index in [9.17, 15) is 62.6 Å². The maximum Gasteiger partial charge on any atom is 0.305 e. The zero-order chi connectivity index (χ0) is 83.1. The third-order valence-corrected chi connectivity index (χ3v) is 21.5. The number of nitrogens with one attached hydrogen (secondary N) is 11. The Kier molecular flexibility index (Phi) is 41.1. The van der Waals surface area contributed by atoms with Gasteiger partial charge in [0.05, 0.1) is 25.6 Å². The van der Waals surface area contributed by atoms with Crippen molar-refractivity contribution in [2.24, 2.45) is 95.1 Å². The Balaban J connectivity index is 1.89. The Labute approximate surface area is 658 Å². The van der Waals surface area contributed by atoms with Crippen molar-refractivity contribution in [2.45, 2.75) is 216 Å². The highest BCUT2D eigenvalue weighted by Gasteiger charge is 2.43. The second-order valence-corrected chi connectivity index (χ2v) is 30.4. The van der Waals surface area contributed by atoms with Gasteiger partial charge in [-0.3, -0.25) is 87.1 Å². The summed E-state index contributed by atoms with van der Waals surface area (Å²) in [6.07, 6.45) is 3.23. The molecule has 0 bridgehead atoms. The molecule has 2 fully saturated rings. The van der Waals surface area contributed by atoms with Crippen LogP contribution < -0.4 is 116 Å². The number of amides is 13. The van der Waals surface area contributed by atoms with E-state index in [1.54, 1.807) is 52.0 Å². The van der Waals surface area contributed by atoms with Crippen LogP contribution in [0.1, 0.15) is 148 Å². The van der Waals surface area contributed by atoms with Crippen molar-refractivity contribution >= 4 is 128 Å². The van der Waals surface area contributed by atoms with Gasteiger partial charge in [-0.15, -0.1) is 0 Å². The first-order chi connectivity index (χ1) is 53.1. The number of carboxylic acid groups (broad SMARTS) is 1. The van der Waals surface area contributed by atoms with Gasteiger partial charge in [0.15, 0.2) is 23.8 Å². The van der Waals surface area contributed by atoms with Crippen LogP contribution >= 0.6 is 21.6 Å². The van der Waals surface area contributed by atoms with Gasteiger partial charge in [0.2, 0.25) is 76.8 Å². The van der Waals surface area contributed by atoms with E-state index in [1.807, 2.05) is 0 Å². The van der Waals surface area contributed by atoms with Crippen LogP contribution in [0.3, 0.4) is 0 Å². The number of aliphatic carboxylic acids is 1. The molecule has 41 nitrogen and oxygen atoms in total. The van der Waals surface area contributed by atoms with Crippen molar-refractivity contribution in [3.8, 4) is 0 Å². The summed E-state index contributed by atoms with van der Waals surface area (Å²) < 4.78 is 0. The molecule has 2 heterocycles. The van der Waals surface area contributed by atoms with Crippen LogP contribution in [0.5, 0.6) is 0 Å². The number of nitrogens with two attached hydrogens (primary N) is 10. The molecule has 0 unspecified atom stereocenters. The van der Waals surface area contributed by atoms with Gasteiger partial charge in [-0.2, -0.15) is 0 Å². The normalized spacial score (nSPS) is 24.0. The van der Waals surface area contributed by atoms with Crippen LogP contribution in [0.4, 0.5) is 0 Å². The Morgan fingerprint density at radius 3 is 1.55 bits per heavy atom. The lowest BCUT2D eigenvalue weighted by atomic mass is 9.84. The summed E-state index contributed by atoms with van der Waals surface area (Å²) in [5.74, 6) is -16.7. The van der Waals surface area contributed by atoms with E-state index in [0.717, 1.165) is 40.9 Å². The van der Waals surface area contributed by atoms with Crippen LogP contribution in [-0.2, 0) is 80.1 Å². The lowest BCUT2D eigenvalue weighted by molar-refractivity contribution is -0.147. The second-order valence-electron chi connectivity index (χ2n) is 27.9. The number of benzene rings is 1. The highest BCUT2D eigenvalue weighted by atomic mass is 33.1. The molecule has 0 aromatic heterocycles. The number of carboxylic acids is 1. The molecule has 3 aliphatic rings. The van der Waals surface area contributed by atoms with Crippen molar-refractivity contribution in [1.82, 2.24) is 63.4 Å². The molecule has 0 spiro atoms. The maximum atomic E-state index is 15.5. The van der Waals surface area contributed by atoms with Crippen molar-refractivity contribution in [2.75, 3.05) is 50.8 Å². The topological polar surface area (TPSA) is 704 Å². The van der Waals surface area contributed by atoms with E-state index in [4.69, 9.17) is 57.3 Å². The summed E-state index contributed by atoms with van der Waals surface area (Å²) in [6.45, 7) is 4.90. The largest absolute Gasteiger partial charge is 0.481 e.